The Morgan fingerprint density at radius 3 is 2.89 bits per heavy atom. The van der Waals surface area contributed by atoms with Crippen LogP contribution in [0.2, 0.25) is 0 Å². The molecule has 1 N–H and O–H groups in total. The summed E-state index contributed by atoms with van der Waals surface area (Å²) in [5.74, 6) is 1.33. The number of hydrogen-bond acceptors (Lipinski definition) is 4. The maximum Gasteiger partial charge on any atom is 0.253 e. The van der Waals surface area contributed by atoms with Crippen molar-refractivity contribution in [2.75, 3.05) is 26.7 Å². The zero-order valence-corrected chi connectivity index (χ0v) is 17.1. The van der Waals surface area contributed by atoms with Gasteiger partial charge in [-0.25, -0.2) is 0 Å². The lowest BCUT2D eigenvalue weighted by molar-refractivity contribution is 0.0674. The summed E-state index contributed by atoms with van der Waals surface area (Å²) in [7, 11) is 1.96. The van der Waals surface area contributed by atoms with Crippen LogP contribution in [0.25, 0.3) is 0 Å². The maximum absolute atomic E-state index is 12.8. The summed E-state index contributed by atoms with van der Waals surface area (Å²) in [6.45, 7) is 3.05. The molecular weight excluding hydrogens is 385 g/mol. The second kappa shape index (κ2) is 11.8. The summed E-state index contributed by atoms with van der Waals surface area (Å²) in [6.07, 6.45) is 5.77. The van der Waals surface area contributed by atoms with Crippen molar-refractivity contribution < 1.29 is 9.53 Å². The van der Waals surface area contributed by atoms with E-state index < -0.39 is 0 Å². The predicted molar refractivity (Wildman–Crippen MR) is 112 cm³/mol. The van der Waals surface area contributed by atoms with E-state index in [4.69, 9.17) is 4.74 Å². The normalized spacial score (nSPS) is 16.0. The summed E-state index contributed by atoms with van der Waals surface area (Å²) in [5, 5.41) is 3.22. The summed E-state index contributed by atoms with van der Waals surface area (Å²) < 4.78 is 5.81. The molecule has 1 amide bonds. The molecule has 7 heteroatoms. The Morgan fingerprint density at radius 2 is 2.15 bits per heavy atom. The molecule has 0 bridgehead atoms. The van der Waals surface area contributed by atoms with Crippen molar-refractivity contribution in [1.29, 1.82) is 0 Å². The lowest BCUT2D eigenvalue weighted by atomic mass is 9.97. The number of hydrogen-bond donors (Lipinski definition) is 1. The summed E-state index contributed by atoms with van der Waals surface area (Å²) in [4.78, 5) is 18.9. The number of carbonyl (C=O) groups is 1. The Hall–Kier alpha value is -1.82. The Morgan fingerprint density at radius 1 is 1.30 bits per heavy atom. The van der Waals surface area contributed by atoms with Crippen molar-refractivity contribution in [1.82, 2.24) is 15.2 Å². The Kier molecular flexibility index (Phi) is 10.1. The predicted octanol–water partition coefficient (Wildman–Crippen LogP) is 3.58. The number of benzene rings is 1. The molecule has 1 unspecified atom stereocenters. The lowest BCUT2D eigenvalue weighted by Gasteiger charge is -2.32. The van der Waals surface area contributed by atoms with E-state index in [1.165, 1.54) is 6.42 Å². The molecule has 5 nitrogen and oxygen atoms in total. The first-order valence-corrected chi connectivity index (χ1v) is 8.82. The fraction of sp³-hybridized carbons (Fsp3) is 0.400. The van der Waals surface area contributed by atoms with Gasteiger partial charge in [-0.1, -0.05) is 12.1 Å². The van der Waals surface area contributed by atoms with Gasteiger partial charge in [-0.15, -0.1) is 24.8 Å². The summed E-state index contributed by atoms with van der Waals surface area (Å²) >= 11 is 0. The second-order valence-electron chi connectivity index (χ2n) is 6.49. The molecule has 148 valence electrons. The molecular formula is C20H27Cl2N3O2. The minimum Gasteiger partial charge on any atom is -0.489 e. The van der Waals surface area contributed by atoms with Crippen LogP contribution in [-0.2, 0) is 6.61 Å². The van der Waals surface area contributed by atoms with E-state index in [2.05, 4.69) is 10.3 Å². The highest BCUT2D eigenvalue weighted by Crippen LogP contribution is 2.21. The van der Waals surface area contributed by atoms with Gasteiger partial charge in [0.2, 0.25) is 0 Å². The fourth-order valence-electron chi connectivity index (χ4n) is 3.26. The summed E-state index contributed by atoms with van der Waals surface area (Å²) in [5.41, 5.74) is 1.69. The van der Waals surface area contributed by atoms with E-state index in [1.54, 1.807) is 12.4 Å². The molecule has 2 aromatic rings. The van der Waals surface area contributed by atoms with Crippen LogP contribution in [0.15, 0.2) is 48.8 Å². The molecule has 0 aliphatic carbocycles. The van der Waals surface area contributed by atoms with Crippen LogP contribution in [0.1, 0.15) is 28.8 Å². The molecule has 1 aliphatic rings. The molecule has 1 aromatic heterocycles. The molecule has 27 heavy (non-hydrogen) atoms. The fourth-order valence-corrected chi connectivity index (χ4v) is 3.26. The van der Waals surface area contributed by atoms with Gasteiger partial charge in [0.05, 0.1) is 0 Å². The van der Waals surface area contributed by atoms with E-state index in [9.17, 15) is 4.79 Å². The van der Waals surface area contributed by atoms with Crippen LogP contribution in [0, 0.1) is 5.92 Å². The molecule has 0 radical (unpaired) electrons. The average Bonchev–Trinajstić information content (AvgIpc) is 2.67. The van der Waals surface area contributed by atoms with Crippen molar-refractivity contribution in [2.45, 2.75) is 19.4 Å². The molecule has 2 heterocycles. The van der Waals surface area contributed by atoms with Gasteiger partial charge in [-0.2, -0.15) is 0 Å². The van der Waals surface area contributed by atoms with Gasteiger partial charge >= 0.3 is 0 Å². The number of aromatic nitrogens is 1. The molecule has 0 spiro atoms. The number of piperidine rings is 1. The van der Waals surface area contributed by atoms with Crippen LogP contribution in [0.4, 0.5) is 0 Å². The van der Waals surface area contributed by atoms with E-state index in [0.29, 0.717) is 23.8 Å². The third-order valence-electron chi connectivity index (χ3n) is 4.51. The highest BCUT2D eigenvalue weighted by molar-refractivity contribution is 5.94. The van der Waals surface area contributed by atoms with Gasteiger partial charge in [0.1, 0.15) is 12.4 Å². The van der Waals surface area contributed by atoms with Crippen LogP contribution in [0.5, 0.6) is 5.75 Å². The summed E-state index contributed by atoms with van der Waals surface area (Å²) in [6, 6.07) is 11.3. The van der Waals surface area contributed by atoms with E-state index >= 15 is 0 Å². The Labute approximate surface area is 173 Å². The smallest absolute Gasteiger partial charge is 0.253 e. The van der Waals surface area contributed by atoms with Crippen molar-refractivity contribution >= 4 is 30.7 Å². The van der Waals surface area contributed by atoms with Crippen LogP contribution < -0.4 is 10.1 Å². The molecule has 3 rings (SSSR count). The number of halogens is 2. The first kappa shape index (κ1) is 23.2. The molecule has 1 atom stereocenters. The number of pyridine rings is 1. The zero-order valence-electron chi connectivity index (χ0n) is 15.5. The largest absolute Gasteiger partial charge is 0.489 e. The van der Waals surface area contributed by atoms with Crippen molar-refractivity contribution in [2.24, 2.45) is 5.92 Å². The molecule has 0 saturated carbocycles. The zero-order chi connectivity index (χ0) is 17.5. The quantitative estimate of drug-likeness (QED) is 0.788. The molecule has 1 aromatic carbocycles. The van der Waals surface area contributed by atoms with E-state index in [-0.39, 0.29) is 30.7 Å². The Bertz CT molecular complexity index is 699. The number of nitrogens with zero attached hydrogens (tertiary/aromatic N) is 2. The highest BCUT2D eigenvalue weighted by Gasteiger charge is 2.24. The number of rotatable bonds is 6. The number of carbonyl (C=O) groups excluding carboxylic acids is 1. The first-order chi connectivity index (χ1) is 12.3. The molecule has 1 aliphatic heterocycles. The number of ether oxygens (including phenoxy) is 1. The standard InChI is InChI=1S/C20H25N3O2.2ClH/c1-21-12-16-6-4-10-23(14-16)20(24)18-7-2-8-19(11-18)25-15-17-5-3-9-22-13-17;;/h2-3,5,7-9,11,13,16,21H,4,6,10,12,14-15H2,1H3;2*1H. The van der Waals surface area contributed by atoms with Gasteiger partial charge in [0.15, 0.2) is 0 Å². The van der Waals surface area contributed by atoms with Crippen molar-refractivity contribution in [3.8, 4) is 5.75 Å². The van der Waals surface area contributed by atoms with Gasteiger partial charge in [0, 0.05) is 36.6 Å². The third kappa shape index (κ3) is 6.69. The second-order valence-corrected chi connectivity index (χ2v) is 6.49. The highest BCUT2D eigenvalue weighted by atomic mass is 35.5. The SMILES string of the molecule is CNCC1CCCN(C(=O)c2cccc(OCc3cccnc3)c2)C1.Cl.Cl. The lowest BCUT2D eigenvalue weighted by Crippen LogP contribution is -2.42. The van der Waals surface area contributed by atoms with Crippen molar-refractivity contribution in [3.63, 3.8) is 0 Å². The van der Waals surface area contributed by atoms with Crippen molar-refractivity contribution in [3.05, 3.63) is 59.9 Å². The van der Waals surface area contributed by atoms with Crippen LogP contribution in [-0.4, -0.2) is 42.5 Å². The number of nitrogens with one attached hydrogen (secondary N) is 1. The number of likely N-dealkylation sites (tertiary alicyclic amines) is 1. The average molecular weight is 412 g/mol. The van der Waals surface area contributed by atoms with Gasteiger partial charge < -0.3 is 15.0 Å². The van der Waals surface area contributed by atoms with Gasteiger partial charge in [0.25, 0.3) is 5.91 Å². The number of amides is 1. The minimum atomic E-state index is 0. The van der Waals surface area contributed by atoms with E-state index in [1.807, 2.05) is 48.3 Å². The van der Waals surface area contributed by atoms with Crippen LogP contribution >= 0.6 is 24.8 Å². The minimum absolute atomic E-state index is 0. The third-order valence-corrected chi connectivity index (χ3v) is 4.51. The van der Waals surface area contributed by atoms with E-state index in [0.717, 1.165) is 31.6 Å². The van der Waals surface area contributed by atoms with Gasteiger partial charge in [-0.05, 0) is 56.6 Å². The topological polar surface area (TPSA) is 54.5 Å². The monoisotopic (exact) mass is 411 g/mol. The van der Waals surface area contributed by atoms with Gasteiger partial charge in [-0.3, -0.25) is 9.78 Å². The Balaban J connectivity index is 0.00000182. The molecule has 1 fully saturated rings. The van der Waals surface area contributed by atoms with Crippen LogP contribution in [0.3, 0.4) is 0 Å². The maximum atomic E-state index is 12.8. The first-order valence-electron chi connectivity index (χ1n) is 8.82. The molecule has 1 saturated heterocycles.